The highest BCUT2D eigenvalue weighted by atomic mass is 35.5. The summed E-state index contributed by atoms with van der Waals surface area (Å²) in [5.41, 5.74) is 2.25. The van der Waals surface area contributed by atoms with Crippen LogP contribution in [0.1, 0.15) is 5.56 Å². The van der Waals surface area contributed by atoms with Crippen molar-refractivity contribution in [2.75, 3.05) is 29.2 Å². The Morgan fingerprint density at radius 2 is 1.72 bits per heavy atom. The van der Waals surface area contributed by atoms with Gasteiger partial charge in [-0.1, -0.05) is 17.7 Å². The van der Waals surface area contributed by atoms with Crippen molar-refractivity contribution in [1.82, 2.24) is 5.32 Å². The molecule has 2 N–H and O–H groups in total. The van der Waals surface area contributed by atoms with Crippen LogP contribution in [0.2, 0.25) is 0 Å². The smallest absolute Gasteiger partial charge is 0.326 e. The van der Waals surface area contributed by atoms with Crippen molar-refractivity contribution in [2.45, 2.75) is 6.92 Å². The standard InChI is InChI=1S/C18H19ClFN3O2/c1-13-2-6-15(7-3-13)22-18(25)23(11-10-21-17(24)12-19)16-8-4-14(20)5-9-16/h2-9H,10-12H2,1H3,(H,21,24)(H,22,25). The predicted octanol–water partition coefficient (Wildman–Crippen LogP) is 3.53. The lowest BCUT2D eigenvalue weighted by atomic mass is 10.2. The number of halogens is 2. The fourth-order valence-electron chi connectivity index (χ4n) is 2.15. The van der Waals surface area contributed by atoms with E-state index in [1.165, 1.54) is 29.2 Å². The fraction of sp³-hybridized carbons (Fsp3) is 0.222. The van der Waals surface area contributed by atoms with E-state index in [-0.39, 0.29) is 30.9 Å². The van der Waals surface area contributed by atoms with E-state index >= 15 is 0 Å². The van der Waals surface area contributed by atoms with Crippen molar-refractivity contribution >= 4 is 34.9 Å². The van der Waals surface area contributed by atoms with Crippen molar-refractivity contribution in [1.29, 1.82) is 0 Å². The largest absolute Gasteiger partial charge is 0.353 e. The molecular formula is C18H19ClFN3O2. The molecule has 0 saturated carbocycles. The lowest BCUT2D eigenvalue weighted by molar-refractivity contribution is -0.118. The molecule has 0 aromatic heterocycles. The van der Waals surface area contributed by atoms with Crippen molar-refractivity contribution in [3.8, 4) is 0 Å². The maximum Gasteiger partial charge on any atom is 0.326 e. The monoisotopic (exact) mass is 363 g/mol. The fourth-order valence-corrected chi connectivity index (χ4v) is 2.25. The Labute approximate surface area is 150 Å². The van der Waals surface area contributed by atoms with E-state index in [2.05, 4.69) is 10.6 Å². The number of nitrogens with zero attached hydrogens (tertiary/aromatic N) is 1. The van der Waals surface area contributed by atoms with E-state index in [0.29, 0.717) is 11.4 Å². The van der Waals surface area contributed by atoms with Gasteiger partial charge in [-0.3, -0.25) is 9.69 Å². The Morgan fingerprint density at radius 3 is 2.32 bits per heavy atom. The number of urea groups is 1. The van der Waals surface area contributed by atoms with E-state index in [1.54, 1.807) is 12.1 Å². The predicted molar refractivity (Wildman–Crippen MR) is 97.7 cm³/mol. The molecule has 2 aromatic carbocycles. The molecule has 0 aliphatic rings. The molecule has 0 spiro atoms. The van der Waals surface area contributed by atoms with Gasteiger partial charge in [0.25, 0.3) is 0 Å². The SMILES string of the molecule is Cc1ccc(NC(=O)N(CCNC(=O)CCl)c2ccc(F)cc2)cc1. The molecule has 7 heteroatoms. The van der Waals surface area contributed by atoms with Crippen LogP contribution >= 0.6 is 11.6 Å². The molecule has 0 radical (unpaired) electrons. The van der Waals surface area contributed by atoms with Crippen LogP contribution in [0.15, 0.2) is 48.5 Å². The van der Waals surface area contributed by atoms with Gasteiger partial charge in [0.05, 0.1) is 0 Å². The number of nitrogens with one attached hydrogen (secondary N) is 2. The van der Waals surface area contributed by atoms with Crippen LogP contribution in [0.25, 0.3) is 0 Å². The number of carbonyl (C=O) groups excluding carboxylic acids is 2. The van der Waals surface area contributed by atoms with Crippen LogP contribution in [0.4, 0.5) is 20.6 Å². The zero-order valence-corrected chi connectivity index (χ0v) is 14.5. The first-order valence-corrected chi connectivity index (χ1v) is 8.26. The lowest BCUT2D eigenvalue weighted by Crippen LogP contribution is -2.41. The number of carbonyl (C=O) groups is 2. The number of aryl methyl sites for hydroxylation is 1. The van der Waals surface area contributed by atoms with Gasteiger partial charge in [-0.25, -0.2) is 9.18 Å². The number of anilines is 2. The molecular weight excluding hydrogens is 345 g/mol. The van der Waals surface area contributed by atoms with Crippen molar-refractivity contribution in [3.63, 3.8) is 0 Å². The molecule has 0 unspecified atom stereocenters. The molecule has 3 amide bonds. The highest BCUT2D eigenvalue weighted by Gasteiger charge is 2.16. The van der Waals surface area contributed by atoms with E-state index in [0.717, 1.165) is 5.56 Å². The third-order valence-corrected chi connectivity index (χ3v) is 3.71. The quantitative estimate of drug-likeness (QED) is 0.771. The van der Waals surface area contributed by atoms with Gasteiger partial charge < -0.3 is 10.6 Å². The average molecular weight is 364 g/mol. The van der Waals surface area contributed by atoms with E-state index in [4.69, 9.17) is 11.6 Å². The zero-order chi connectivity index (χ0) is 18.2. The van der Waals surface area contributed by atoms with Crippen LogP contribution in [-0.4, -0.2) is 30.9 Å². The highest BCUT2D eigenvalue weighted by Crippen LogP contribution is 2.17. The normalized spacial score (nSPS) is 10.2. The van der Waals surface area contributed by atoms with Gasteiger partial charge >= 0.3 is 6.03 Å². The van der Waals surface area contributed by atoms with Gasteiger partial charge in [-0.05, 0) is 43.3 Å². The maximum absolute atomic E-state index is 13.1. The summed E-state index contributed by atoms with van der Waals surface area (Å²) in [4.78, 5) is 25.3. The van der Waals surface area contributed by atoms with Crippen LogP contribution in [0.3, 0.4) is 0 Å². The van der Waals surface area contributed by atoms with Crippen LogP contribution in [0, 0.1) is 12.7 Å². The number of hydrogen-bond acceptors (Lipinski definition) is 2. The third kappa shape index (κ3) is 5.76. The second kappa shape index (κ2) is 9.03. The Balaban J connectivity index is 2.11. The minimum Gasteiger partial charge on any atom is -0.353 e. The van der Waals surface area contributed by atoms with Crippen LogP contribution < -0.4 is 15.5 Å². The Kier molecular flexibility index (Phi) is 6.77. The first-order valence-electron chi connectivity index (χ1n) is 7.73. The average Bonchev–Trinajstić information content (AvgIpc) is 2.61. The number of amides is 3. The van der Waals surface area contributed by atoms with Crippen molar-refractivity contribution in [2.24, 2.45) is 0 Å². The van der Waals surface area contributed by atoms with Gasteiger partial charge in [0.15, 0.2) is 0 Å². The summed E-state index contributed by atoms with van der Waals surface area (Å²) in [6, 6.07) is 12.6. The highest BCUT2D eigenvalue weighted by molar-refractivity contribution is 6.27. The van der Waals surface area contributed by atoms with Crippen LogP contribution in [0.5, 0.6) is 0 Å². The molecule has 0 atom stereocenters. The van der Waals surface area contributed by atoms with E-state index in [1.807, 2.05) is 19.1 Å². The van der Waals surface area contributed by atoms with Gasteiger partial charge in [-0.15, -0.1) is 11.6 Å². The number of alkyl halides is 1. The topological polar surface area (TPSA) is 61.4 Å². The first kappa shape index (κ1) is 18.7. The number of rotatable bonds is 6. The molecule has 0 fully saturated rings. The van der Waals surface area contributed by atoms with Crippen molar-refractivity contribution < 1.29 is 14.0 Å². The Morgan fingerprint density at radius 1 is 1.08 bits per heavy atom. The number of benzene rings is 2. The maximum atomic E-state index is 13.1. The molecule has 0 saturated heterocycles. The second-order valence-electron chi connectivity index (χ2n) is 5.41. The summed E-state index contributed by atoms with van der Waals surface area (Å²) in [5.74, 6) is -0.857. The van der Waals surface area contributed by atoms with Gasteiger partial charge in [0.2, 0.25) is 5.91 Å². The second-order valence-corrected chi connectivity index (χ2v) is 5.68. The summed E-state index contributed by atoms with van der Waals surface area (Å²) >= 11 is 5.44. The van der Waals surface area contributed by atoms with E-state index < -0.39 is 5.82 Å². The molecule has 5 nitrogen and oxygen atoms in total. The van der Waals surface area contributed by atoms with Gasteiger partial charge in [-0.2, -0.15) is 0 Å². The summed E-state index contributed by atoms with van der Waals surface area (Å²) in [7, 11) is 0. The summed E-state index contributed by atoms with van der Waals surface area (Å²) in [5, 5.41) is 5.39. The lowest BCUT2D eigenvalue weighted by Gasteiger charge is -2.23. The zero-order valence-electron chi connectivity index (χ0n) is 13.8. The van der Waals surface area contributed by atoms with Crippen LogP contribution in [-0.2, 0) is 4.79 Å². The van der Waals surface area contributed by atoms with Gasteiger partial charge in [0, 0.05) is 24.5 Å². The van der Waals surface area contributed by atoms with Crippen molar-refractivity contribution in [3.05, 3.63) is 59.9 Å². The number of hydrogen-bond donors (Lipinski definition) is 2. The molecule has 2 aromatic rings. The molecule has 25 heavy (non-hydrogen) atoms. The summed E-state index contributed by atoms with van der Waals surface area (Å²) in [6.45, 7) is 2.40. The minimum absolute atomic E-state index is 0.147. The molecule has 2 rings (SSSR count). The summed E-state index contributed by atoms with van der Waals surface area (Å²) < 4.78 is 13.1. The molecule has 0 bridgehead atoms. The molecule has 0 aliphatic heterocycles. The van der Waals surface area contributed by atoms with E-state index in [9.17, 15) is 14.0 Å². The van der Waals surface area contributed by atoms with Gasteiger partial charge in [0.1, 0.15) is 11.7 Å². The first-order chi connectivity index (χ1) is 12.0. The molecule has 132 valence electrons. The molecule has 0 heterocycles. The Hall–Kier alpha value is -2.60. The summed E-state index contributed by atoms with van der Waals surface area (Å²) in [6.07, 6.45) is 0. The third-order valence-electron chi connectivity index (χ3n) is 3.47. The minimum atomic E-state index is -0.391. The molecule has 0 aliphatic carbocycles. The Bertz CT molecular complexity index is 720.